The molecule has 0 spiro atoms. The number of hydrogen-bond acceptors (Lipinski definition) is 6. The van der Waals surface area contributed by atoms with Gasteiger partial charge in [-0.15, -0.1) is 0 Å². The Labute approximate surface area is 343 Å². The molecule has 0 heterocycles. The number of carbonyl (C=O) groups excluding carboxylic acids is 3. The van der Waals surface area contributed by atoms with Gasteiger partial charge in [0.15, 0.2) is 0 Å². The van der Waals surface area contributed by atoms with Gasteiger partial charge in [0.25, 0.3) is 0 Å². The highest BCUT2D eigenvalue weighted by molar-refractivity contribution is 5.78. The lowest BCUT2D eigenvalue weighted by atomic mass is 9.89. The Morgan fingerprint density at radius 1 is 0.455 bits per heavy atom. The maximum atomic E-state index is 13.0. The van der Waals surface area contributed by atoms with E-state index in [2.05, 4.69) is 74.1 Å². The van der Waals surface area contributed by atoms with Crippen molar-refractivity contribution in [2.45, 2.75) is 223 Å². The number of rotatable bonds is 39. The molecule has 0 bridgehead atoms. The molecular formula is C49H95NO5. The summed E-state index contributed by atoms with van der Waals surface area (Å²) in [6, 6.07) is 0. The highest BCUT2D eigenvalue weighted by Crippen LogP contribution is 2.25. The third-order valence-corrected chi connectivity index (χ3v) is 12.1. The summed E-state index contributed by atoms with van der Waals surface area (Å²) < 4.78 is 11.3. The van der Waals surface area contributed by atoms with Gasteiger partial charge in [-0.1, -0.05) is 172 Å². The predicted octanol–water partition coefficient (Wildman–Crippen LogP) is 13.8. The van der Waals surface area contributed by atoms with E-state index in [4.69, 9.17) is 9.47 Å². The summed E-state index contributed by atoms with van der Waals surface area (Å²) in [6.45, 7) is 26.4. The number of esters is 2. The van der Waals surface area contributed by atoms with Gasteiger partial charge >= 0.3 is 11.9 Å². The lowest BCUT2D eigenvalue weighted by Crippen LogP contribution is -2.26. The molecule has 2 atom stereocenters. The quantitative estimate of drug-likeness (QED) is 0.0457. The van der Waals surface area contributed by atoms with Crippen molar-refractivity contribution in [2.24, 2.45) is 41.4 Å². The van der Waals surface area contributed by atoms with Crippen molar-refractivity contribution in [3.63, 3.8) is 0 Å². The average molecular weight is 778 g/mol. The Bertz CT molecular complexity index is 853. The predicted molar refractivity (Wildman–Crippen MR) is 235 cm³/mol. The molecule has 0 amide bonds. The zero-order chi connectivity index (χ0) is 41.3. The number of ether oxygens (including phenoxy) is 2. The molecule has 0 rings (SSSR count). The standard InChI is InChI=1S/C49H95NO5/c1-11-50(12-2)36-35-47(51)37-44(27-23-19-15-13-17-21-25-29-48(52)54-38-45(42(7)8)33-31-40(3)4)28-24-20-16-14-18-22-26-30-49(53)55-39-46(43(9)10)34-32-41(5)6/h40-46H,11-39H2,1-10H3. The van der Waals surface area contributed by atoms with Crippen LogP contribution in [0.1, 0.15) is 223 Å². The molecule has 6 heteroatoms. The Morgan fingerprint density at radius 3 is 1.16 bits per heavy atom. The van der Waals surface area contributed by atoms with E-state index >= 15 is 0 Å². The molecule has 0 aliphatic heterocycles. The minimum Gasteiger partial charge on any atom is -0.465 e. The Balaban J connectivity index is 4.31. The lowest BCUT2D eigenvalue weighted by Gasteiger charge is -2.21. The fraction of sp³-hybridized carbons (Fsp3) is 0.939. The van der Waals surface area contributed by atoms with Crippen LogP contribution in [0.2, 0.25) is 0 Å². The first kappa shape index (κ1) is 53.6. The summed E-state index contributed by atoms with van der Waals surface area (Å²) in [7, 11) is 0. The Kier molecular flexibility index (Phi) is 34.8. The van der Waals surface area contributed by atoms with Crippen molar-refractivity contribution in [1.29, 1.82) is 0 Å². The monoisotopic (exact) mass is 778 g/mol. The number of ketones is 1. The van der Waals surface area contributed by atoms with Gasteiger partial charge < -0.3 is 14.4 Å². The Hall–Kier alpha value is -1.43. The number of carbonyl (C=O) groups is 3. The van der Waals surface area contributed by atoms with Crippen molar-refractivity contribution < 1.29 is 23.9 Å². The molecule has 0 aliphatic rings. The van der Waals surface area contributed by atoms with Crippen molar-refractivity contribution in [3.8, 4) is 0 Å². The van der Waals surface area contributed by atoms with E-state index < -0.39 is 0 Å². The van der Waals surface area contributed by atoms with Crippen LogP contribution in [0.25, 0.3) is 0 Å². The van der Waals surface area contributed by atoms with Gasteiger partial charge in [0.05, 0.1) is 13.2 Å². The van der Waals surface area contributed by atoms with Gasteiger partial charge in [-0.3, -0.25) is 14.4 Å². The normalized spacial score (nSPS) is 13.7. The molecule has 0 aliphatic carbocycles. The third kappa shape index (κ3) is 33.3. The molecule has 0 aromatic rings. The van der Waals surface area contributed by atoms with E-state index in [9.17, 15) is 14.4 Å². The molecule has 0 radical (unpaired) electrons. The van der Waals surface area contributed by atoms with Crippen LogP contribution in [0.5, 0.6) is 0 Å². The van der Waals surface area contributed by atoms with Crippen LogP contribution < -0.4 is 0 Å². The number of hydrogen-bond donors (Lipinski definition) is 0. The van der Waals surface area contributed by atoms with Gasteiger partial charge in [0.1, 0.15) is 5.78 Å². The summed E-state index contributed by atoms with van der Waals surface area (Å²) in [5.74, 6) is 4.32. The summed E-state index contributed by atoms with van der Waals surface area (Å²) in [5, 5.41) is 0. The molecule has 0 N–H and O–H groups in total. The fourth-order valence-corrected chi connectivity index (χ4v) is 7.62. The molecule has 0 aromatic heterocycles. The van der Waals surface area contributed by atoms with Gasteiger partial charge in [0.2, 0.25) is 0 Å². The van der Waals surface area contributed by atoms with Crippen LogP contribution in [0.15, 0.2) is 0 Å². The third-order valence-electron chi connectivity index (χ3n) is 12.1. The lowest BCUT2D eigenvalue weighted by molar-refractivity contribution is -0.146. The average Bonchev–Trinajstić information content (AvgIpc) is 3.12. The summed E-state index contributed by atoms with van der Waals surface area (Å²) in [5.41, 5.74) is 0. The van der Waals surface area contributed by atoms with Crippen LogP contribution in [-0.4, -0.2) is 55.5 Å². The molecular weight excluding hydrogens is 683 g/mol. The van der Waals surface area contributed by atoms with E-state index in [1.54, 1.807) is 0 Å². The van der Waals surface area contributed by atoms with E-state index in [0.29, 0.717) is 79.7 Å². The fourth-order valence-electron chi connectivity index (χ4n) is 7.62. The first-order valence-electron chi connectivity index (χ1n) is 23.8. The maximum absolute atomic E-state index is 13.0. The van der Waals surface area contributed by atoms with Crippen LogP contribution in [0.4, 0.5) is 0 Å². The minimum absolute atomic E-state index is 0.0233. The first-order valence-corrected chi connectivity index (χ1v) is 23.8. The SMILES string of the molecule is CCN(CC)CCC(=O)CC(CCCCCCCCCC(=O)OCC(CCC(C)C)C(C)C)CCCCCCCCCC(=O)OCC(CCC(C)C)C(C)C. The second-order valence-electron chi connectivity index (χ2n) is 18.7. The molecule has 6 nitrogen and oxygen atoms in total. The van der Waals surface area contributed by atoms with Crippen molar-refractivity contribution in [1.82, 2.24) is 4.90 Å². The second-order valence-corrected chi connectivity index (χ2v) is 18.7. The number of Topliss-reactive ketones (excluding diaryl/α,β-unsaturated/α-hetero) is 1. The van der Waals surface area contributed by atoms with E-state index in [1.165, 1.54) is 89.9 Å². The van der Waals surface area contributed by atoms with Crippen molar-refractivity contribution in [2.75, 3.05) is 32.8 Å². The zero-order valence-corrected chi connectivity index (χ0v) is 38.5. The highest BCUT2D eigenvalue weighted by Gasteiger charge is 2.18. The summed E-state index contributed by atoms with van der Waals surface area (Å²) in [6.07, 6.45) is 25.8. The molecule has 55 heavy (non-hydrogen) atoms. The first-order chi connectivity index (χ1) is 26.3. The van der Waals surface area contributed by atoms with Gasteiger partial charge in [-0.05, 0) is 80.2 Å². The molecule has 326 valence electrons. The second kappa shape index (κ2) is 35.7. The van der Waals surface area contributed by atoms with Crippen LogP contribution in [-0.2, 0) is 23.9 Å². The molecule has 0 fully saturated rings. The summed E-state index contributed by atoms with van der Waals surface area (Å²) in [4.78, 5) is 40.0. The van der Waals surface area contributed by atoms with Crippen LogP contribution in [0.3, 0.4) is 0 Å². The smallest absolute Gasteiger partial charge is 0.305 e. The van der Waals surface area contributed by atoms with Gasteiger partial charge in [-0.25, -0.2) is 0 Å². The van der Waals surface area contributed by atoms with Crippen LogP contribution >= 0.6 is 0 Å². The summed E-state index contributed by atoms with van der Waals surface area (Å²) >= 11 is 0. The molecule has 2 unspecified atom stereocenters. The van der Waals surface area contributed by atoms with Gasteiger partial charge in [-0.2, -0.15) is 0 Å². The Morgan fingerprint density at radius 2 is 0.818 bits per heavy atom. The molecule has 0 aromatic carbocycles. The number of unbranched alkanes of at least 4 members (excludes halogenated alkanes) is 12. The van der Waals surface area contributed by atoms with Crippen molar-refractivity contribution >= 4 is 17.7 Å². The zero-order valence-electron chi connectivity index (χ0n) is 38.5. The highest BCUT2D eigenvalue weighted by atomic mass is 16.5. The molecule has 0 saturated heterocycles. The minimum atomic E-state index is -0.0233. The van der Waals surface area contributed by atoms with E-state index in [1.807, 2.05) is 0 Å². The number of nitrogens with zero attached hydrogens (tertiary/aromatic N) is 1. The maximum Gasteiger partial charge on any atom is 0.305 e. The topological polar surface area (TPSA) is 72.9 Å². The van der Waals surface area contributed by atoms with E-state index in [-0.39, 0.29) is 11.9 Å². The largest absolute Gasteiger partial charge is 0.465 e. The molecule has 0 saturated carbocycles. The van der Waals surface area contributed by atoms with Gasteiger partial charge in [0, 0.05) is 32.2 Å². The van der Waals surface area contributed by atoms with Crippen molar-refractivity contribution in [3.05, 3.63) is 0 Å². The van der Waals surface area contributed by atoms with Crippen LogP contribution in [0, 0.1) is 41.4 Å². The van der Waals surface area contributed by atoms with E-state index in [0.717, 1.165) is 64.6 Å².